The Labute approximate surface area is 141 Å². The van der Waals surface area contributed by atoms with E-state index < -0.39 is 10.0 Å². The van der Waals surface area contributed by atoms with E-state index in [1.165, 1.54) is 39.3 Å². The summed E-state index contributed by atoms with van der Waals surface area (Å²) in [6, 6.07) is 4.30. The zero-order chi connectivity index (χ0) is 17.9. The lowest BCUT2D eigenvalue weighted by molar-refractivity contribution is -0.121. The molecule has 0 bridgehead atoms. The van der Waals surface area contributed by atoms with Crippen LogP contribution in [0.1, 0.15) is 19.8 Å². The summed E-state index contributed by atoms with van der Waals surface area (Å²) in [5.41, 5.74) is 0.373. The van der Waals surface area contributed by atoms with Crippen molar-refractivity contribution in [2.75, 3.05) is 26.0 Å². The highest BCUT2D eigenvalue weighted by molar-refractivity contribution is 7.89. The molecule has 0 spiro atoms. The van der Waals surface area contributed by atoms with E-state index in [0.29, 0.717) is 5.69 Å². The Balaban J connectivity index is 2.17. The fourth-order valence-electron chi connectivity index (χ4n) is 2.09. The molecule has 1 aromatic carbocycles. The maximum Gasteiger partial charge on any atom is 0.243 e. The minimum absolute atomic E-state index is 0.0184. The third-order valence-electron chi connectivity index (χ3n) is 3.50. The number of benzene rings is 1. The molecular formula is C15H21N3O5S. The van der Waals surface area contributed by atoms with Crippen molar-refractivity contribution < 1.29 is 22.7 Å². The van der Waals surface area contributed by atoms with E-state index in [9.17, 15) is 18.0 Å². The van der Waals surface area contributed by atoms with Gasteiger partial charge in [0.25, 0.3) is 0 Å². The summed E-state index contributed by atoms with van der Waals surface area (Å²) in [4.78, 5) is 22.9. The summed E-state index contributed by atoms with van der Waals surface area (Å²) in [6.45, 7) is 1.09. The van der Waals surface area contributed by atoms with E-state index in [1.807, 2.05) is 0 Å². The number of sulfonamides is 1. The fraction of sp³-hybridized carbons (Fsp3) is 0.467. The lowest BCUT2D eigenvalue weighted by Crippen LogP contribution is -2.39. The highest BCUT2D eigenvalue weighted by Gasteiger charge is 2.27. The average molecular weight is 355 g/mol. The van der Waals surface area contributed by atoms with Gasteiger partial charge in [0.2, 0.25) is 21.8 Å². The number of anilines is 1. The SMILES string of the molecule is COc1cc(S(=O)(=O)N(C)CC(=O)NC2CC2)ccc1NC(C)=O. The van der Waals surface area contributed by atoms with Crippen LogP contribution in [-0.4, -0.2) is 51.3 Å². The second-order valence-electron chi connectivity index (χ2n) is 5.65. The Morgan fingerprint density at radius 3 is 2.54 bits per heavy atom. The lowest BCUT2D eigenvalue weighted by Gasteiger charge is -2.18. The molecule has 8 nitrogen and oxygen atoms in total. The Kier molecular flexibility index (Phi) is 5.45. The van der Waals surface area contributed by atoms with Gasteiger partial charge in [-0.2, -0.15) is 4.31 Å². The maximum atomic E-state index is 12.6. The topological polar surface area (TPSA) is 105 Å². The zero-order valence-electron chi connectivity index (χ0n) is 13.8. The van der Waals surface area contributed by atoms with Crippen LogP contribution in [0.25, 0.3) is 0 Å². The zero-order valence-corrected chi connectivity index (χ0v) is 14.6. The molecule has 2 rings (SSSR count). The molecule has 0 saturated heterocycles. The van der Waals surface area contributed by atoms with Crippen LogP contribution in [0.3, 0.4) is 0 Å². The molecule has 0 atom stereocenters. The van der Waals surface area contributed by atoms with Crippen molar-refractivity contribution in [2.24, 2.45) is 0 Å². The van der Waals surface area contributed by atoms with Crippen LogP contribution in [0.2, 0.25) is 0 Å². The van der Waals surface area contributed by atoms with Gasteiger partial charge in [0.1, 0.15) is 5.75 Å². The average Bonchev–Trinajstić information content (AvgIpc) is 3.30. The number of ether oxygens (including phenoxy) is 1. The van der Waals surface area contributed by atoms with Crippen molar-refractivity contribution in [3.05, 3.63) is 18.2 Å². The van der Waals surface area contributed by atoms with Crippen molar-refractivity contribution in [3.8, 4) is 5.75 Å². The molecule has 0 heterocycles. The Hall–Kier alpha value is -2.13. The molecule has 9 heteroatoms. The Morgan fingerprint density at radius 1 is 1.33 bits per heavy atom. The molecule has 2 amide bonds. The number of amides is 2. The molecule has 0 unspecified atom stereocenters. The fourth-order valence-corrected chi connectivity index (χ4v) is 3.24. The minimum Gasteiger partial charge on any atom is -0.495 e. The third-order valence-corrected chi connectivity index (χ3v) is 5.30. The standard InChI is InChI=1S/C15H21N3O5S/c1-10(19)16-13-7-6-12(8-14(13)23-3)24(21,22)18(2)9-15(20)17-11-4-5-11/h6-8,11H,4-5,9H2,1-3H3,(H,16,19)(H,17,20). The van der Waals surface area contributed by atoms with Crippen LogP contribution in [0.15, 0.2) is 23.1 Å². The van der Waals surface area contributed by atoms with Gasteiger partial charge in [0.15, 0.2) is 0 Å². The number of nitrogens with one attached hydrogen (secondary N) is 2. The molecule has 1 aliphatic carbocycles. The van der Waals surface area contributed by atoms with Gasteiger partial charge in [-0.25, -0.2) is 8.42 Å². The van der Waals surface area contributed by atoms with E-state index in [0.717, 1.165) is 17.1 Å². The van der Waals surface area contributed by atoms with Gasteiger partial charge < -0.3 is 15.4 Å². The summed E-state index contributed by atoms with van der Waals surface area (Å²) < 4.78 is 31.3. The highest BCUT2D eigenvalue weighted by atomic mass is 32.2. The van der Waals surface area contributed by atoms with Gasteiger partial charge in [-0.05, 0) is 25.0 Å². The minimum atomic E-state index is -3.85. The van der Waals surface area contributed by atoms with Gasteiger partial charge in [-0.1, -0.05) is 0 Å². The molecule has 24 heavy (non-hydrogen) atoms. The van der Waals surface area contributed by atoms with Crippen molar-refractivity contribution in [1.82, 2.24) is 9.62 Å². The van der Waals surface area contributed by atoms with E-state index >= 15 is 0 Å². The largest absolute Gasteiger partial charge is 0.495 e. The van der Waals surface area contributed by atoms with Crippen molar-refractivity contribution >= 4 is 27.5 Å². The predicted molar refractivity (Wildman–Crippen MR) is 88.3 cm³/mol. The quantitative estimate of drug-likeness (QED) is 0.743. The number of hydrogen-bond donors (Lipinski definition) is 2. The van der Waals surface area contributed by atoms with Crippen LogP contribution in [0.4, 0.5) is 5.69 Å². The lowest BCUT2D eigenvalue weighted by atomic mass is 10.3. The van der Waals surface area contributed by atoms with Gasteiger partial charge >= 0.3 is 0 Å². The number of rotatable bonds is 7. The first-order chi connectivity index (χ1) is 11.2. The van der Waals surface area contributed by atoms with E-state index in [1.54, 1.807) is 0 Å². The first-order valence-corrected chi connectivity index (χ1v) is 8.89. The van der Waals surface area contributed by atoms with Crippen molar-refractivity contribution in [3.63, 3.8) is 0 Å². The van der Waals surface area contributed by atoms with Crippen molar-refractivity contribution in [2.45, 2.75) is 30.7 Å². The molecule has 0 aliphatic heterocycles. The number of carbonyl (C=O) groups is 2. The molecular weight excluding hydrogens is 334 g/mol. The number of likely N-dealkylation sites (N-methyl/N-ethyl adjacent to an activating group) is 1. The van der Waals surface area contributed by atoms with E-state index in [-0.39, 0.29) is 35.0 Å². The molecule has 1 fully saturated rings. The Bertz CT molecular complexity index is 743. The first-order valence-electron chi connectivity index (χ1n) is 7.45. The van der Waals surface area contributed by atoms with E-state index in [2.05, 4.69) is 10.6 Å². The molecule has 0 radical (unpaired) electrons. The van der Waals surface area contributed by atoms with Crippen molar-refractivity contribution in [1.29, 1.82) is 0 Å². The predicted octanol–water partition coefficient (Wildman–Crippen LogP) is 0.553. The number of nitrogens with zero attached hydrogens (tertiary/aromatic N) is 1. The van der Waals surface area contributed by atoms with Crippen LogP contribution >= 0.6 is 0 Å². The van der Waals surface area contributed by atoms with Gasteiger partial charge in [-0.15, -0.1) is 0 Å². The Morgan fingerprint density at radius 2 is 2.00 bits per heavy atom. The summed E-state index contributed by atoms with van der Waals surface area (Å²) in [7, 11) is -1.13. The summed E-state index contributed by atoms with van der Waals surface area (Å²) in [6.07, 6.45) is 1.87. The molecule has 0 aromatic heterocycles. The highest BCUT2D eigenvalue weighted by Crippen LogP contribution is 2.28. The third kappa shape index (κ3) is 4.45. The number of methoxy groups -OCH3 is 1. The molecule has 1 aromatic rings. The van der Waals surface area contributed by atoms with Gasteiger partial charge in [-0.3, -0.25) is 9.59 Å². The van der Waals surface area contributed by atoms with E-state index in [4.69, 9.17) is 4.74 Å². The van der Waals surface area contributed by atoms with Crippen LogP contribution in [0.5, 0.6) is 5.75 Å². The number of hydrogen-bond acceptors (Lipinski definition) is 5. The smallest absolute Gasteiger partial charge is 0.243 e. The summed E-state index contributed by atoms with van der Waals surface area (Å²) in [5.74, 6) is -0.398. The van der Waals surface area contributed by atoms with Gasteiger partial charge in [0.05, 0.1) is 24.2 Å². The van der Waals surface area contributed by atoms with Crippen LogP contribution in [-0.2, 0) is 19.6 Å². The summed E-state index contributed by atoms with van der Waals surface area (Å²) in [5, 5.41) is 5.30. The monoisotopic (exact) mass is 355 g/mol. The second-order valence-corrected chi connectivity index (χ2v) is 7.69. The molecule has 132 valence electrons. The van der Waals surface area contributed by atoms with Crippen LogP contribution in [0, 0.1) is 0 Å². The first kappa shape index (κ1) is 18.2. The van der Waals surface area contributed by atoms with Crippen LogP contribution < -0.4 is 15.4 Å². The maximum absolute atomic E-state index is 12.6. The molecule has 1 saturated carbocycles. The molecule has 1 aliphatic rings. The second kappa shape index (κ2) is 7.18. The van der Waals surface area contributed by atoms with Gasteiger partial charge in [0, 0.05) is 26.1 Å². The summed E-state index contributed by atoms with van der Waals surface area (Å²) >= 11 is 0. The normalized spacial score (nSPS) is 14.3. The number of carbonyl (C=O) groups excluding carboxylic acids is 2. The molecule has 2 N–H and O–H groups in total.